The van der Waals surface area contributed by atoms with Crippen LogP contribution in [0.3, 0.4) is 0 Å². The lowest BCUT2D eigenvalue weighted by molar-refractivity contribution is 0.397. The minimum Gasteiger partial charge on any atom is -0.479 e. The van der Waals surface area contributed by atoms with Gasteiger partial charge in [0.1, 0.15) is 17.3 Å². The van der Waals surface area contributed by atoms with Gasteiger partial charge in [0.25, 0.3) is 0 Å². The molecule has 0 atom stereocenters. The summed E-state index contributed by atoms with van der Waals surface area (Å²) in [7, 11) is 3.38. The third-order valence-corrected chi connectivity index (χ3v) is 2.45. The van der Waals surface area contributed by atoms with E-state index in [4.69, 9.17) is 4.74 Å². The molecule has 2 aromatic rings. The Kier molecular flexibility index (Phi) is 3.66. The number of ether oxygens (including phenoxy) is 1. The van der Waals surface area contributed by atoms with Crippen molar-refractivity contribution in [2.24, 2.45) is 0 Å². The molecular formula is C12H15N5O. The van der Waals surface area contributed by atoms with Crippen LogP contribution in [0.1, 0.15) is 12.7 Å². The predicted octanol–water partition coefficient (Wildman–Crippen LogP) is 1.55. The lowest BCUT2D eigenvalue weighted by Gasteiger charge is -2.08. The largest absolute Gasteiger partial charge is 0.479 e. The quantitative estimate of drug-likeness (QED) is 0.881. The molecule has 2 rings (SSSR count). The van der Waals surface area contributed by atoms with Gasteiger partial charge >= 0.3 is 0 Å². The van der Waals surface area contributed by atoms with Crippen LogP contribution >= 0.6 is 0 Å². The molecule has 0 bridgehead atoms. The average molecular weight is 245 g/mol. The molecule has 0 aliphatic carbocycles. The standard InChI is InChI=1S/C12H15N5O/c1-4-9-16-8(7-10(13-2)17-9)11-12(18-3)15-6-5-14-11/h5-7H,4H2,1-3H3,(H,13,16,17). The molecule has 0 saturated carbocycles. The summed E-state index contributed by atoms with van der Waals surface area (Å²) in [5.74, 6) is 1.97. The summed E-state index contributed by atoms with van der Waals surface area (Å²) in [6, 6.07) is 1.83. The molecule has 0 aromatic carbocycles. The number of hydrogen-bond donors (Lipinski definition) is 1. The van der Waals surface area contributed by atoms with Gasteiger partial charge in [-0.1, -0.05) is 6.92 Å². The van der Waals surface area contributed by atoms with Crippen LogP contribution in [0, 0.1) is 0 Å². The van der Waals surface area contributed by atoms with E-state index in [9.17, 15) is 0 Å². The minimum absolute atomic E-state index is 0.459. The van der Waals surface area contributed by atoms with Crippen molar-refractivity contribution >= 4 is 5.82 Å². The number of aryl methyl sites for hydroxylation is 1. The Morgan fingerprint density at radius 3 is 2.67 bits per heavy atom. The molecule has 6 nitrogen and oxygen atoms in total. The number of nitrogens with zero attached hydrogens (tertiary/aromatic N) is 4. The lowest BCUT2D eigenvalue weighted by Crippen LogP contribution is -2.02. The molecule has 0 radical (unpaired) electrons. The maximum absolute atomic E-state index is 5.19. The van der Waals surface area contributed by atoms with Crippen molar-refractivity contribution in [2.75, 3.05) is 19.5 Å². The van der Waals surface area contributed by atoms with Gasteiger partial charge in [0.05, 0.1) is 7.11 Å². The van der Waals surface area contributed by atoms with E-state index >= 15 is 0 Å². The highest BCUT2D eigenvalue weighted by Gasteiger charge is 2.12. The van der Waals surface area contributed by atoms with Gasteiger partial charge < -0.3 is 10.1 Å². The van der Waals surface area contributed by atoms with Gasteiger partial charge in [0, 0.05) is 31.9 Å². The number of aromatic nitrogens is 4. The van der Waals surface area contributed by atoms with Crippen molar-refractivity contribution in [2.45, 2.75) is 13.3 Å². The molecule has 0 fully saturated rings. The van der Waals surface area contributed by atoms with Gasteiger partial charge in [-0.05, 0) is 0 Å². The minimum atomic E-state index is 0.459. The molecule has 2 heterocycles. The van der Waals surface area contributed by atoms with E-state index in [1.165, 1.54) is 0 Å². The molecule has 2 aromatic heterocycles. The van der Waals surface area contributed by atoms with Gasteiger partial charge in [-0.25, -0.2) is 19.9 Å². The number of hydrogen-bond acceptors (Lipinski definition) is 6. The molecule has 0 unspecified atom stereocenters. The van der Waals surface area contributed by atoms with Crippen LogP contribution in [0.2, 0.25) is 0 Å². The maximum Gasteiger partial charge on any atom is 0.241 e. The number of nitrogens with one attached hydrogen (secondary N) is 1. The topological polar surface area (TPSA) is 72.8 Å². The Bertz CT molecular complexity index is 521. The first kappa shape index (κ1) is 12.2. The van der Waals surface area contributed by atoms with Crippen LogP contribution in [0.25, 0.3) is 11.4 Å². The molecular weight excluding hydrogens is 230 g/mol. The van der Waals surface area contributed by atoms with Gasteiger partial charge in [-0.15, -0.1) is 0 Å². The van der Waals surface area contributed by atoms with E-state index in [0.717, 1.165) is 18.1 Å². The third kappa shape index (κ3) is 2.37. The third-order valence-electron chi connectivity index (χ3n) is 2.45. The van der Waals surface area contributed by atoms with E-state index in [1.807, 2.05) is 20.0 Å². The molecule has 6 heteroatoms. The van der Waals surface area contributed by atoms with Crippen LogP contribution < -0.4 is 10.1 Å². The summed E-state index contributed by atoms with van der Waals surface area (Å²) in [6.45, 7) is 2.01. The van der Waals surface area contributed by atoms with Crippen molar-refractivity contribution in [3.05, 3.63) is 24.3 Å². The Labute approximate surface area is 105 Å². The van der Waals surface area contributed by atoms with Gasteiger partial charge in [-0.2, -0.15) is 0 Å². The molecule has 0 aliphatic rings. The highest BCUT2D eigenvalue weighted by molar-refractivity contribution is 5.63. The summed E-state index contributed by atoms with van der Waals surface area (Å²) >= 11 is 0. The van der Waals surface area contributed by atoms with Gasteiger partial charge in [-0.3, -0.25) is 0 Å². The highest BCUT2D eigenvalue weighted by Crippen LogP contribution is 2.24. The van der Waals surface area contributed by atoms with Crippen molar-refractivity contribution in [3.8, 4) is 17.3 Å². The molecule has 0 saturated heterocycles. The van der Waals surface area contributed by atoms with E-state index in [0.29, 0.717) is 17.3 Å². The Morgan fingerprint density at radius 2 is 2.00 bits per heavy atom. The number of rotatable bonds is 4. The van der Waals surface area contributed by atoms with Crippen molar-refractivity contribution in [3.63, 3.8) is 0 Å². The van der Waals surface area contributed by atoms with Crippen LogP contribution in [-0.4, -0.2) is 34.1 Å². The van der Waals surface area contributed by atoms with E-state index < -0.39 is 0 Å². The van der Waals surface area contributed by atoms with Crippen LogP contribution in [0.15, 0.2) is 18.5 Å². The Morgan fingerprint density at radius 1 is 1.22 bits per heavy atom. The summed E-state index contributed by atoms with van der Waals surface area (Å²) in [5, 5.41) is 3.01. The number of anilines is 1. The monoisotopic (exact) mass is 245 g/mol. The second-order valence-corrected chi connectivity index (χ2v) is 3.57. The fraction of sp³-hybridized carbons (Fsp3) is 0.333. The zero-order chi connectivity index (χ0) is 13.0. The maximum atomic E-state index is 5.19. The van der Waals surface area contributed by atoms with E-state index in [2.05, 4.69) is 25.3 Å². The smallest absolute Gasteiger partial charge is 0.241 e. The second kappa shape index (κ2) is 5.39. The average Bonchev–Trinajstić information content (AvgIpc) is 2.46. The zero-order valence-corrected chi connectivity index (χ0v) is 10.6. The molecule has 18 heavy (non-hydrogen) atoms. The normalized spacial score (nSPS) is 10.2. The zero-order valence-electron chi connectivity index (χ0n) is 10.6. The molecule has 94 valence electrons. The first-order valence-corrected chi connectivity index (χ1v) is 5.69. The highest BCUT2D eigenvalue weighted by atomic mass is 16.5. The molecule has 0 spiro atoms. The summed E-state index contributed by atoms with van der Waals surface area (Å²) in [5.41, 5.74) is 1.32. The fourth-order valence-electron chi connectivity index (χ4n) is 1.55. The van der Waals surface area contributed by atoms with Gasteiger partial charge in [0.15, 0.2) is 5.69 Å². The lowest BCUT2D eigenvalue weighted by atomic mass is 10.2. The Balaban J connectivity index is 2.55. The van der Waals surface area contributed by atoms with Crippen LogP contribution in [-0.2, 0) is 6.42 Å². The van der Waals surface area contributed by atoms with Crippen molar-refractivity contribution in [1.29, 1.82) is 0 Å². The predicted molar refractivity (Wildman–Crippen MR) is 68.5 cm³/mol. The van der Waals surface area contributed by atoms with E-state index in [1.54, 1.807) is 19.5 Å². The first-order valence-electron chi connectivity index (χ1n) is 5.69. The summed E-state index contributed by atoms with van der Waals surface area (Å²) in [4.78, 5) is 17.2. The summed E-state index contributed by atoms with van der Waals surface area (Å²) < 4.78 is 5.19. The van der Waals surface area contributed by atoms with Crippen LogP contribution in [0.4, 0.5) is 5.82 Å². The molecule has 0 aliphatic heterocycles. The SMILES string of the molecule is CCc1nc(NC)cc(-c2nccnc2OC)n1. The van der Waals surface area contributed by atoms with E-state index in [-0.39, 0.29) is 0 Å². The van der Waals surface area contributed by atoms with Crippen molar-refractivity contribution < 1.29 is 4.74 Å². The second-order valence-electron chi connectivity index (χ2n) is 3.57. The molecule has 1 N–H and O–H groups in total. The van der Waals surface area contributed by atoms with Crippen molar-refractivity contribution in [1.82, 2.24) is 19.9 Å². The van der Waals surface area contributed by atoms with Crippen LogP contribution in [0.5, 0.6) is 5.88 Å². The fourth-order valence-corrected chi connectivity index (χ4v) is 1.55. The number of methoxy groups -OCH3 is 1. The van der Waals surface area contributed by atoms with Gasteiger partial charge in [0.2, 0.25) is 5.88 Å². The Hall–Kier alpha value is -2.24. The first-order chi connectivity index (χ1) is 8.78. The molecule has 0 amide bonds. The summed E-state index contributed by atoms with van der Waals surface area (Å²) in [6.07, 6.45) is 3.96.